The van der Waals surface area contributed by atoms with Crippen LogP contribution in [-0.2, 0) is 9.59 Å². The number of nitrogens with zero attached hydrogens (tertiary/aromatic N) is 1. The van der Waals surface area contributed by atoms with E-state index in [0.29, 0.717) is 30.3 Å². The Morgan fingerprint density at radius 1 is 1.24 bits per heavy atom. The summed E-state index contributed by atoms with van der Waals surface area (Å²) in [5.74, 6) is -2.10. The lowest BCUT2D eigenvalue weighted by Crippen LogP contribution is -2.51. The van der Waals surface area contributed by atoms with Gasteiger partial charge in [-0.1, -0.05) is 38.3 Å². The SMILES string of the molecule is CCCC[C@H](NC(=O)c1ccc2cccnc2c1)C(=O)N[C@H]1CCC[C@H]1C(=O)O. The van der Waals surface area contributed by atoms with Gasteiger partial charge in [-0.15, -0.1) is 0 Å². The van der Waals surface area contributed by atoms with Gasteiger partial charge >= 0.3 is 5.97 Å². The number of carbonyl (C=O) groups is 3. The second kappa shape index (κ2) is 9.49. The van der Waals surface area contributed by atoms with Gasteiger partial charge in [0.1, 0.15) is 6.04 Å². The minimum Gasteiger partial charge on any atom is -0.481 e. The summed E-state index contributed by atoms with van der Waals surface area (Å²) in [6, 6.07) is 7.92. The smallest absolute Gasteiger partial charge is 0.308 e. The molecule has 1 aliphatic rings. The standard InChI is InChI=1S/C22H27N3O4/c1-2-3-8-18(21(27)24-17-9-4-7-16(17)22(28)29)25-20(26)15-11-10-14-6-5-12-23-19(14)13-15/h5-6,10-13,16-18H,2-4,7-9H2,1H3,(H,24,27)(H,25,26)(H,28,29)/t16-,17+,18+/m1/s1. The maximum absolute atomic E-state index is 12.8. The molecule has 3 atom stereocenters. The van der Waals surface area contributed by atoms with Crippen LogP contribution in [0, 0.1) is 5.92 Å². The molecule has 1 aromatic carbocycles. The zero-order chi connectivity index (χ0) is 20.8. The number of aromatic nitrogens is 1. The molecule has 1 fully saturated rings. The number of benzene rings is 1. The normalized spacial score (nSPS) is 19.6. The molecule has 7 heteroatoms. The van der Waals surface area contributed by atoms with Gasteiger partial charge in [-0.3, -0.25) is 19.4 Å². The van der Waals surface area contributed by atoms with E-state index in [4.69, 9.17) is 0 Å². The molecule has 1 aliphatic carbocycles. The first-order chi connectivity index (χ1) is 14.0. The predicted molar refractivity (Wildman–Crippen MR) is 109 cm³/mol. The molecule has 3 N–H and O–H groups in total. The molecule has 154 valence electrons. The van der Waals surface area contributed by atoms with Crippen LogP contribution in [0.15, 0.2) is 36.5 Å². The number of carbonyl (C=O) groups excluding carboxylic acids is 2. The summed E-state index contributed by atoms with van der Waals surface area (Å²) in [7, 11) is 0. The third-order valence-corrected chi connectivity index (χ3v) is 5.50. The molecular weight excluding hydrogens is 370 g/mol. The van der Waals surface area contributed by atoms with Gasteiger partial charge < -0.3 is 15.7 Å². The van der Waals surface area contributed by atoms with Gasteiger partial charge in [0.05, 0.1) is 11.4 Å². The van der Waals surface area contributed by atoms with Crippen LogP contribution in [0.3, 0.4) is 0 Å². The number of rotatable bonds is 8. The molecule has 2 aromatic rings. The zero-order valence-electron chi connectivity index (χ0n) is 16.6. The van der Waals surface area contributed by atoms with E-state index in [9.17, 15) is 19.5 Å². The minimum absolute atomic E-state index is 0.316. The third kappa shape index (κ3) is 5.10. The number of unbranched alkanes of at least 4 members (excludes halogenated alkanes) is 1. The number of aliphatic carboxylic acids is 1. The summed E-state index contributed by atoms with van der Waals surface area (Å²) in [5, 5.41) is 15.9. The predicted octanol–water partition coefficient (Wildman–Crippen LogP) is 2.89. The van der Waals surface area contributed by atoms with E-state index in [-0.39, 0.29) is 17.9 Å². The lowest BCUT2D eigenvalue weighted by Gasteiger charge is -2.23. The van der Waals surface area contributed by atoms with Crippen LogP contribution >= 0.6 is 0 Å². The average Bonchev–Trinajstić information content (AvgIpc) is 3.18. The molecule has 29 heavy (non-hydrogen) atoms. The highest BCUT2D eigenvalue weighted by molar-refractivity contribution is 6.00. The van der Waals surface area contributed by atoms with Gasteiger partial charge in [-0.05, 0) is 37.5 Å². The number of pyridine rings is 1. The fourth-order valence-corrected chi connectivity index (χ4v) is 3.84. The first-order valence-corrected chi connectivity index (χ1v) is 10.2. The average molecular weight is 397 g/mol. The van der Waals surface area contributed by atoms with Gasteiger partial charge in [0.25, 0.3) is 5.91 Å². The van der Waals surface area contributed by atoms with Crippen LogP contribution < -0.4 is 10.6 Å². The second-order valence-corrected chi connectivity index (χ2v) is 7.57. The van der Waals surface area contributed by atoms with Crippen molar-refractivity contribution in [3.8, 4) is 0 Å². The molecule has 1 saturated carbocycles. The van der Waals surface area contributed by atoms with Crippen LogP contribution in [-0.4, -0.2) is 40.0 Å². The summed E-state index contributed by atoms with van der Waals surface area (Å²) >= 11 is 0. The van der Waals surface area contributed by atoms with Crippen LogP contribution in [0.4, 0.5) is 0 Å². The summed E-state index contributed by atoms with van der Waals surface area (Å²) in [6.45, 7) is 2.02. The van der Waals surface area contributed by atoms with E-state index < -0.39 is 17.9 Å². The fraction of sp³-hybridized carbons (Fsp3) is 0.455. The first kappa shape index (κ1) is 20.8. The van der Waals surface area contributed by atoms with Gasteiger partial charge in [-0.2, -0.15) is 0 Å². The Kier molecular flexibility index (Phi) is 6.80. The van der Waals surface area contributed by atoms with E-state index in [2.05, 4.69) is 15.6 Å². The first-order valence-electron chi connectivity index (χ1n) is 10.2. The van der Waals surface area contributed by atoms with Gasteiger partial charge in [-0.25, -0.2) is 0 Å². The molecule has 0 radical (unpaired) electrons. The second-order valence-electron chi connectivity index (χ2n) is 7.57. The van der Waals surface area contributed by atoms with E-state index in [1.807, 2.05) is 25.1 Å². The van der Waals surface area contributed by atoms with Crippen molar-refractivity contribution in [2.24, 2.45) is 5.92 Å². The third-order valence-electron chi connectivity index (χ3n) is 5.50. The molecule has 1 aromatic heterocycles. The molecule has 2 amide bonds. The number of carboxylic acid groups (broad SMARTS) is 1. The number of carboxylic acids is 1. The number of amides is 2. The lowest BCUT2D eigenvalue weighted by molar-refractivity contribution is -0.142. The quantitative estimate of drug-likeness (QED) is 0.635. The number of fused-ring (bicyclic) bond motifs is 1. The van der Waals surface area contributed by atoms with Crippen molar-refractivity contribution in [1.82, 2.24) is 15.6 Å². The van der Waals surface area contributed by atoms with Crippen molar-refractivity contribution in [1.29, 1.82) is 0 Å². The summed E-state index contributed by atoms with van der Waals surface area (Å²) in [4.78, 5) is 41.2. The zero-order valence-corrected chi connectivity index (χ0v) is 16.6. The van der Waals surface area contributed by atoms with Crippen molar-refractivity contribution in [2.45, 2.75) is 57.5 Å². The van der Waals surface area contributed by atoms with Crippen LogP contribution in [0.25, 0.3) is 10.9 Å². The van der Waals surface area contributed by atoms with Crippen molar-refractivity contribution >= 4 is 28.7 Å². The molecule has 0 spiro atoms. The van der Waals surface area contributed by atoms with Crippen LogP contribution in [0.1, 0.15) is 55.8 Å². The highest BCUT2D eigenvalue weighted by Gasteiger charge is 2.35. The van der Waals surface area contributed by atoms with E-state index in [1.54, 1.807) is 18.3 Å². The summed E-state index contributed by atoms with van der Waals surface area (Å²) in [5.41, 5.74) is 1.15. The Labute approximate surface area is 169 Å². The Morgan fingerprint density at radius 2 is 2.07 bits per heavy atom. The summed E-state index contributed by atoms with van der Waals surface area (Å²) in [6.07, 6.45) is 5.83. The van der Waals surface area contributed by atoms with Crippen molar-refractivity contribution in [2.75, 3.05) is 0 Å². The molecule has 1 heterocycles. The highest BCUT2D eigenvalue weighted by Crippen LogP contribution is 2.26. The van der Waals surface area contributed by atoms with Crippen LogP contribution in [0.2, 0.25) is 0 Å². The molecule has 0 saturated heterocycles. The molecule has 0 aliphatic heterocycles. The number of nitrogens with one attached hydrogen (secondary N) is 2. The molecule has 0 bridgehead atoms. The highest BCUT2D eigenvalue weighted by atomic mass is 16.4. The van der Waals surface area contributed by atoms with Crippen LogP contribution in [0.5, 0.6) is 0 Å². The fourth-order valence-electron chi connectivity index (χ4n) is 3.84. The molecule has 0 unspecified atom stereocenters. The molecule has 3 rings (SSSR count). The van der Waals surface area contributed by atoms with Gasteiger partial charge in [0.2, 0.25) is 5.91 Å². The van der Waals surface area contributed by atoms with Crippen molar-refractivity contribution in [3.05, 3.63) is 42.1 Å². The Hall–Kier alpha value is -2.96. The monoisotopic (exact) mass is 397 g/mol. The Balaban J connectivity index is 1.70. The largest absolute Gasteiger partial charge is 0.481 e. The number of hydrogen-bond acceptors (Lipinski definition) is 4. The van der Waals surface area contributed by atoms with E-state index >= 15 is 0 Å². The number of hydrogen-bond donors (Lipinski definition) is 3. The van der Waals surface area contributed by atoms with Crippen molar-refractivity contribution in [3.63, 3.8) is 0 Å². The topological polar surface area (TPSA) is 108 Å². The molecular formula is C22H27N3O4. The van der Waals surface area contributed by atoms with Crippen molar-refractivity contribution < 1.29 is 19.5 Å². The lowest BCUT2D eigenvalue weighted by atomic mass is 10.0. The van der Waals surface area contributed by atoms with Gasteiger partial charge in [0.15, 0.2) is 0 Å². The van der Waals surface area contributed by atoms with E-state index in [1.165, 1.54) is 0 Å². The summed E-state index contributed by atoms with van der Waals surface area (Å²) < 4.78 is 0. The van der Waals surface area contributed by atoms with E-state index in [0.717, 1.165) is 24.6 Å². The Bertz CT molecular complexity index is 899. The molecule has 7 nitrogen and oxygen atoms in total. The maximum atomic E-state index is 12.8. The Morgan fingerprint density at radius 3 is 2.83 bits per heavy atom. The maximum Gasteiger partial charge on any atom is 0.308 e. The van der Waals surface area contributed by atoms with Gasteiger partial charge in [0, 0.05) is 23.2 Å². The minimum atomic E-state index is -0.884.